The predicted molar refractivity (Wildman–Crippen MR) is 35.0 cm³/mol. The molecule has 0 amide bonds. The molecule has 1 nitrogen and oxygen atoms in total. The highest BCUT2D eigenvalue weighted by Crippen LogP contribution is 2.20. The summed E-state index contributed by atoms with van der Waals surface area (Å²) in [5.74, 6) is 0.899. The summed E-state index contributed by atoms with van der Waals surface area (Å²) in [6.07, 6.45) is 2.22. The minimum atomic E-state index is -0.551. The second kappa shape index (κ2) is 2.27. The van der Waals surface area contributed by atoms with E-state index in [-0.39, 0.29) is 0 Å². The molecule has 0 aromatic carbocycles. The SMILES string of the molecule is O=S1CCC[C@@H]1Br. The van der Waals surface area contributed by atoms with Crippen molar-refractivity contribution in [2.24, 2.45) is 0 Å². The molecule has 1 heterocycles. The van der Waals surface area contributed by atoms with Crippen LogP contribution in [0.15, 0.2) is 0 Å². The van der Waals surface area contributed by atoms with Crippen LogP contribution in [0.4, 0.5) is 0 Å². The molecule has 1 unspecified atom stereocenters. The Morgan fingerprint density at radius 1 is 1.71 bits per heavy atom. The zero-order valence-corrected chi connectivity index (χ0v) is 6.30. The maximum Gasteiger partial charge on any atom is 0.0899 e. The molecular formula is C4H7BrOS. The molecule has 0 saturated carbocycles. The lowest BCUT2D eigenvalue weighted by atomic mass is 10.4. The average Bonchev–Trinajstić information content (AvgIpc) is 1.91. The van der Waals surface area contributed by atoms with Gasteiger partial charge < -0.3 is 0 Å². The van der Waals surface area contributed by atoms with E-state index < -0.39 is 10.8 Å². The van der Waals surface area contributed by atoms with Gasteiger partial charge in [-0.3, -0.25) is 4.21 Å². The van der Waals surface area contributed by atoms with Crippen molar-refractivity contribution in [1.82, 2.24) is 0 Å². The molecule has 1 aliphatic rings. The van der Waals surface area contributed by atoms with Gasteiger partial charge in [-0.1, -0.05) is 15.9 Å². The van der Waals surface area contributed by atoms with E-state index in [1.165, 1.54) is 0 Å². The standard InChI is InChI=1S/C4H7BrOS/c5-4-2-1-3-7(4)6/h4H,1-3H2/t4-,7?/m1/s1. The van der Waals surface area contributed by atoms with E-state index in [0.717, 1.165) is 18.6 Å². The quantitative estimate of drug-likeness (QED) is 0.516. The van der Waals surface area contributed by atoms with E-state index in [9.17, 15) is 4.21 Å². The van der Waals surface area contributed by atoms with Crippen molar-refractivity contribution in [2.75, 3.05) is 5.75 Å². The summed E-state index contributed by atoms with van der Waals surface area (Å²) in [6, 6.07) is 0. The highest BCUT2D eigenvalue weighted by atomic mass is 79.9. The zero-order valence-electron chi connectivity index (χ0n) is 3.89. The third kappa shape index (κ3) is 1.26. The first-order valence-corrected chi connectivity index (χ1v) is 4.62. The maximum atomic E-state index is 10.6. The van der Waals surface area contributed by atoms with Crippen LogP contribution in [0, 0.1) is 0 Å². The van der Waals surface area contributed by atoms with Crippen LogP contribution in [0.2, 0.25) is 0 Å². The van der Waals surface area contributed by atoms with Gasteiger partial charge in [0.05, 0.1) is 4.16 Å². The summed E-state index contributed by atoms with van der Waals surface area (Å²) in [6.45, 7) is 0. The molecule has 2 atom stereocenters. The van der Waals surface area contributed by atoms with Gasteiger partial charge in [0.2, 0.25) is 0 Å². The van der Waals surface area contributed by atoms with Crippen LogP contribution in [-0.4, -0.2) is 14.1 Å². The van der Waals surface area contributed by atoms with E-state index in [1.807, 2.05) is 0 Å². The second-order valence-corrected chi connectivity index (χ2v) is 5.09. The molecule has 1 fully saturated rings. The fourth-order valence-corrected chi connectivity index (χ4v) is 2.67. The smallest absolute Gasteiger partial charge is 0.0899 e. The molecule has 3 heteroatoms. The number of alkyl halides is 1. The third-order valence-electron chi connectivity index (χ3n) is 1.06. The lowest BCUT2D eigenvalue weighted by molar-refractivity contribution is 0.686. The van der Waals surface area contributed by atoms with Gasteiger partial charge >= 0.3 is 0 Å². The minimum Gasteiger partial charge on any atom is -0.258 e. The van der Waals surface area contributed by atoms with Gasteiger partial charge in [0.15, 0.2) is 0 Å². The molecule has 0 aliphatic carbocycles. The first kappa shape index (κ1) is 5.76. The molecule has 0 N–H and O–H groups in total. The Kier molecular flexibility index (Phi) is 1.87. The van der Waals surface area contributed by atoms with Gasteiger partial charge in [-0.25, -0.2) is 0 Å². The van der Waals surface area contributed by atoms with E-state index in [4.69, 9.17) is 0 Å². The van der Waals surface area contributed by atoms with Crippen molar-refractivity contribution in [2.45, 2.75) is 17.0 Å². The number of halogens is 1. The highest BCUT2D eigenvalue weighted by molar-refractivity contribution is 9.11. The fraction of sp³-hybridized carbons (Fsp3) is 1.00. The van der Waals surface area contributed by atoms with Gasteiger partial charge in [-0.2, -0.15) is 0 Å². The predicted octanol–water partition coefficient (Wildman–Crippen LogP) is 1.25. The van der Waals surface area contributed by atoms with E-state index in [2.05, 4.69) is 15.9 Å². The Labute approximate surface area is 54.1 Å². The molecule has 1 saturated heterocycles. The monoisotopic (exact) mass is 182 g/mol. The molecule has 0 aromatic heterocycles. The van der Waals surface area contributed by atoms with Crippen molar-refractivity contribution >= 4 is 26.7 Å². The van der Waals surface area contributed by atoms with Crippen LogP contribution in [0.3, 0.4) is 0 Å². The number of rotatable bonds is 0. The van der Waals surface area contributed by atoms with Gasteiger partial charge in [-0.05, 0) is 12.8 Å². The van der Waals surface area contributed by atoms with Crippen molar-refractivity contribution < 1.29 is 4.21 Å². The Morgan fingerprint density at radius 2 is 2.43 bits per heavy atom. The van der Waals surface area contributed by atoms with Crippen molar-refractivity contribution in [3.05, 3.63) is 0 Å². The molecule has 1 aliphatic heterocycles. The summed E-state index contributed by atoms with van der Waals surface area (Å²) in [5.41, 5.74) is 0. The average molecular weight is 183 g/mol. The summed E-state index contributed by atoms with van der Waals surface area (Å²) in [4.78, 5) is 0. The summed E-state index contributed by atoms with van der Waals surface area (Å²) in [5, 5.41) is 0. The fourth-order valence-electron chi connectivity index (χ4n) is 0.645. The van der Waals surface area contributed by atoms with Crippen LogP contribution in [0.1, 0.15) is 12.8 Å². The number of hydrogen-bond acceptors (Lipinski definition) is 1. The lowest BCUT2D eigenvalue weighted by Crippen LogP contribution is -1.96. The normalized spacial score (nSPS) is 41.9. The van der Waals surface area contributed by atoms with Crippen LogP contribution in [-0.2, 0) is 10.8 Å². The minimum absolute atomic E-state index is 0.299. The largest absolute Gasteiger partial charge is 0.258 e. The first-order valence-electron chi connectivity index (χ1n) is 2.32. The van der Waals surface area contributed by atoms with Crippen LogP contribution >= 0.6 is 15.9 Å². The van der Waals surface area contributed by atoms with E-state index in [1.54, 1.807) is 0 Å². The molecule has 42 valence electrons. The molecule has 0 bridgehead atoms. The molecular weight excluding hydrogens is 176 g/mol. The summed E-state index contributed by atoms with van der Waals surface area (Å²) < 4.78 is 10.9. The molecule has 0 spiro atoms. The molecule has 0 radical (unpaired) electrons. The Hall–Kier alpha value is 0.630. The van der Waals surface area contributed by atoms with Gasteiger partial charge in [0, 0.05) is 16.6 Å². The topological polar surface area (TPSA) is 17.1 Å². The molecule has 0 aromatic rings. The van der Waals surface area contributed by atoms with Crippen LogP contribution in [0.5, 0.6) is 0 Å². The van der Waals surface area contributed by atoms with E-state index in [0.29, 0.717) is 4.16 Å². The summed E-state index contributed by atoms with van der Waals surface area (Å²) in [7, 11) is -0.551. The first-order chi connectivity index (χ1) is 3.30. The number of hydrogen-bond donors (Lipinski definition) is 0. The highest BCUT2D eigenvalue weighted by Gasteiger charge is 2.18. The van der Waals surface area contributed by atoms with Crippen molar-refractivity contribution in [3.63, 3.8) is 0 Å². The van der Waals surface area contributed by atoms with Gasteiger partial charge in [0.25, 0.3) is 0 Å². The lowest BCUT2D eigenvalue weighted by Gasteiger charge is -1.90. The maximum absolute atomic E-state index is 10.6. The Morgan fingerprint density at radius 3 is 2.57 bits per heavy atom. The third-order valence-corrected chi connectivity index (χ3v) is 4.27. The van der Waals surface area contributed by atoms with Crippen molar-refractivity contribution in [1.29, 1.82) is 0 Å². The van der Waals surface area contributed by atoms with Crippen LogP contribution in [0.25, 0.3) is 0 Å². The summed E-state index contributed by atoms with van der Waals surface area (Å²) >= 11 is 3.30. The Bertz CT molecular complexity index is 93.7. The second-order valence-electron chi connectivity index (χ2n) is 1.64. The Balaban J connectivity index is 2.48. The van der Waals surface area contributed by atoms with Gasteiger partial charge in [0.1, 0.15) is 0 Å². The zero-order chi connectivity index (χ0) is 5.28. The molecule has 7 heavy (non-hydrogen) atoms. The molecule has 1 rings (SSSR count). The van der Waals surface area contributed by atoms with Crippen molar-refractivity contribution in [3.8, 4) is 0 Å². The van der Waals surface area contributed by atoms with Gasteiger partial charge in [-0.15, -0.1) is 0 Å². The van der Waals surface area contributed by atoms with Crippen LogP contribution < -0.4 is 0 Å². The van der Waals surface area contributed by atoms with E-state index >= 15 is 0 Å².